The molecule has 0 unspecified atom stereocenters. The second-order valence-electron chi connectivity index (χ2n) is 9.17. The van der Waals surface area contributed by atoms with Gasteiger partial charge in [-0.15, -0.1) is 0 Å². The van der Waals surface area contributed by atoms with Crippen LogP contribution in [0.2, 0.25) is 0 Å². The molecule has 1 aromatic heterocycles. The number of benzene rings is 1. The van der Waals surface area contributed by atoms with Crippen LogP contribution in [-0.2, 0) is 33.4 Å². The van der Waals surface area contributed by atoms with Gasteiger partial charge in [-0.25, -0.2) is 4.79 Å². The molecule has 0 spiro atoms. The maximum atomic E-state index is 11.7. The summed E-state index contributed by atoms with van der Waals surface area (Å²) in [6.45, 7) is 0.759. The van der Waals surface area contributed by atoms with E-state index in [1.54, 1.807) is 30.3 Å². The van der Waals surface area contributed by atoms with E-state index in [1.165, 1.54) is 19.4 Å². The summed E-state index contributed by atoms with van der Waals surface area (Å²) in [7, 11) is 1.24. The number of esters is 2. The number of carbonyl (C=O) groups is 5. The first-order valence-corrected chi connectivity index (χ1v) is 12.0. The number of pyridine rings is 1. The largest absolute Gasteiger partial charge is 0.550 e. The number of aromatic nitrogens is 1. The zero-order valence-electron chi connectivity index (χ0n) is 21.2. The average Bonchev–Trinajstić information content (AvgIpc) is 2.88. The highest BCUT2D eigenvalue weighted by Gasteiger charge is 2.46. The van der Waals surface area contributed by atoms with Crippen molar-refractivity contribution in [3.8, 4) is 11.3 Å². The summed E-state index contributed by atoms with van der Waals surface area (Å²) in [5, 5.41) is 35.0. The second kappa shape index (κ2) is 13.0. The third-order valence-electron chi connectivity index (χ3n) is 6.64. The molecule has 1 saturated heterocycles. The average molecular weight is 541 g/mol. The zero-order chi connectivity index (χ0) is 28.7. The van der Waals surface area contributed by atoms with Gasteiger partial charge in [0.2, 0.25) is 0 Å². The molecular weight excluding hydrogens is 514 g/mol. The van der Waals surface area contributed by atoms with Gasteiger partial charge in [-0.05, 0) is 60.8 Å². The monoisotopic (exact) mass is 540 g/mol. The first kappa shape index (κ1) is 29.2. The predicted octanol–water partition coefficient (Wildman–Crippen LogP) is -1.19. The summed E-state index contributed by atoms with van der Waals surface area (Å²) < 4.78 is 15.9. The van der Waals surface area contributed by atoms with Crippen molar-refractivity contribution in [1.29, 1.82) is 0 Å². The van der Waals surface area contributed by atoms with E-state index in [0.717, 1.165) is 6.92 Å². The van der Waals surface area contributed by atoms with Crippen LogP contribution in [-0.4, -0.2) is 54.7 Å². The maximum absolute atomic E-state index is 11.7. The third kappa shape index (κ3) is 7.60. The summed E-state index contributed by atoms with van der Waals surface area (Å²) in [6.07, 6.45) is -2.75. The van der Waals surface area contributed by atoms with Crippen LogP contribution >= 0.6 is 0 Å². The molecule has 2 heterocycles. The van der Waals surface area contributed by atoms with Crippen LogP contribution in [0.3, 0.4) is 0 Å². The van der Waals surface area contributed by atoms with E-state index in [9.17, 15) is 39.3 Å². The fourth-order valence-electron chi connectivity index (χ4n) is 5.00. The molecule has 1 aromatic carbocycles. The minimum Gasteiger partial charge on any atom is -0.550 e. The number of carboxylic acid groups (broad SMARTS) is 3. The quantitative estimate of drug-likeness (QED) is 0.310. The number of aliphatic carboxylic acids is 3. The molecule has 2 aromatic rings. The lowest BCUT2D eigenvalue weighted by atomic mass is 9.68. The zero-order valence-corrected chi connectivity index (χ0v) is 21.2. The second-order valence-corrected chi connectivity index (χ2v) is 9.17. The molecule has 12 heteroatoms. The van der Waals surface area contributed by atoms with Crippen LogP contribution in [0.25, 0.3) is 11.3 Å². The molecule has 0 saturated carbocycles. The first-order valence-electron chi connectivity index (χ1n) is 12.0. The summed E-state index contributed by atoms with van der Waals surface area (Å²) >= 11 is 0. The van der Waals surface area contributed by atoms with E-state index in [0.29, 0.717) is 16.8 Å². The molecular formula is C27H26NO11-3. The van der Waals surface area contributed by atoms with Crippen LogP contribution in [0.1, 0.15) is 48.2 Å². The minimum atomic E-state index is -1.51. The van der Waals surface area contributed by atoms with Crippen molar-refractivity contribution in [1.82, 2.24) is 4.98 Å². The molecule has 1 aliphatic rings. The van der Waals surface area contributed by atoms with Gasteiger partial charge >= 0.3 is 11.9 Å². The Labute approximate surface area is 223 Å². The van der Waals surface area contributed by atoms with Gasteiger partial charge in [-0.1, -0.05) is 18.2 Å². The van der Waals surface area contributed by atoms with E-state index in [4.69, 9.17) is 9.47 Å². The molecule has 0 bridgehead atoms. The Hall–Kier alpha value is -4.32. The molecule has 39 heavy (non-hydrogen) atoms. The van der Waals surface area contributed by atoms with E-state index in [2.05, 4.69) is 9.72 Å². The van der Waals surface area contributed by atoms with Crippen LogP contribution in [0.15, 0.2) is 42.6 Å². The third-order valence-corrected chi connectivity index (χ3v) is 6.64. The fraction of sp³-hybridized carbons (Fsp3) is 0.407. The SMILES string of the molecule is COC(=O)c1ccc(-c2cccc([C@@H]3O[C@@H](COC(C)=O)[C@H](CC(=O)[O-])[C@H](CC(=O)[O-])[C@H]3CC(=O)[O-])c2)nc1. The van der Waals surface area contributed by atoms with Crippen molar-refractivity contribution < 1.29 is 53.5 Å². The molecule has 0 amide bonds. The Kier molecular flexibility index (Phi) is 9.72. The summed E-state index contributed by atoms with van der Waals surface area (Å²) in [6, 6.07) is 9.77. The number of carboxylic acids is 3. The van der Waals surface area contributed by atoms with Crippen LogP contribution in [0.5, 0.6) is 0 Å². The molecule has 3 rings (SSSR count). The van der Waals surface area contributed by atoms with Gasteiger partial charge in [0.05, 0.1) is 30.6 Å². The van der Waals surface area contributed by atoms with Crippen molar-refractivity contribution >= 4 is 29.8 Å². The summed E-state index contributed by atoms with van der Waals surface area (Å²) in [4.78, 5) is 62.4. The Morgan fingerprint density at radius 2 is 1.54 bits per heavy atom. The van der Waals surface area contributed by atoms with Crippen molar-refractivity contribution in [2.75, 3.05) is 13.7 Å². The lowest BCUT2D eigenvalue weighted by molar-refractivity contribution is -0.318. The van der Waals surface area contributed by atoms with E-state index in [1.807, 2.05) is 0 Å². The lowest BCUT2D eigenvalue weighted by Gasteiger charge is -2.48. The molecule has 0 radical (unpaired) electrons. The van der Waals surface area contributed by atoms with Gasteiger partial charge in [0, 0.05) is 36.6 Å². The number of methoxy groups -OCH3 is 1. The Morgan fingerprint density at radius 1 is 0.897 bits per heavy atom. The fourth-order valence-corrected chi connectivity index (χ4v) is 5.00. The van der Waals surface area contributed by atoms with Crippen LogP contribution in [0.4, 0.5) is 0 Å². The van der Waals surface area contributed by atoms with E-state index in [-0.39, 0.29) is 12.2 Å². The predicted molar refractivity (Wildman–Crippen MR) is 125 cm³/mol. The minimum absolute atomic E-state index is 0.236. The van der Waals surface area contributed by atoms with Gasteiger partial charge in [-0.2, -0.15) is 0 Å². The standard InChI is InChI=1S/C27H29NO11/c1-14(29)38-13-22-19(10-24(32)33)18(9-23(30)31)20(11-25(34)35)26(39-22)16-5-3-4-15(8-16)21-7-6-17(12-28-21)27(36)37-2/h3-8,12,18-20,22,26H,9-11,13H2,1-2H3,(H,30,31)(H,32,33)(H,34,35)/p-3/t18-,19+,20+,22-,26-/m0/s1. The molecule has 1 fully saturated rings. The Bertz CT molecular complexity index is 1230. The Balaban J connectivity index is 2.06. The van der Waals surface area contributed by atoms with Crippen molar-refractivity contribution in [2.45, 2.75) is 38.4 Å². The number of carbonyl (C=O) groups excluding carboxylic acids is 5. The highest BCUT2D eigenvalue weighted by molar-refractivity contribution is 5.89. The van der Waals surface area contributed by atoms with Gasteiger partial charge in [-0.3, -0.25) is 9.78 Å². The lowest BCUT2D eigenvalue weighted by Crippen LogP contribution is -2.50. The molecule has 0 aliphatic carbocycles. The smallest absolute Gasteiger partial charge is 0.339 e. The molecule has 12 nitrogen and oxygen atoms in total. The van der Waals surface area contributed by atoms with Crippen molar-refractivity contribution in [3.63, 3.8) is 0 Å². The van der Waals surface area contributed by atoms with Crippen molar-refractivity contribution in [2.24, 2.45) is 17.8 Å². The highest BCUT2D eigenvalue weighted by atomic mass is 16.6. The maximum Gasteiger partial charge on any atom is 0.339 e. The first-order chi connectivity index (χ1) is 18.5. The summed E-state index contributed by atoms with van der Waals surface area (Å²) in [5.41, 5.74) is 1.72. The normalized spacial score (nSPS) is 22.5. The summed E-state index contributed by atoms with van der Waals surface area (Å²) in [5.74, 6) is -8.87. The van der Waals surface area contributed by atoms with Crippen molar-refractivity contribution in [3.05, 3.63) is 53.7 Å². The number of rotatable bonds is 11. The number of ether oxygens (including phenoxy) is 3. The number of hydrogen-bond donors (Lipinski definition) is 0. The van der Waals surface area contributed by atoms with Gasteiger partial charge in [0.15, 0.2) is 0 Å². The molecule has 0 N–H and O–H groups in total. The Morgan fingerprint density at radius 3 is 2.10 bits per heavy atom. The van der Waals surface area contributed by atoms with Crippen LogP contribution in [0, 0.1) is 17.8 Å². The number of nitrogens with zero attached hydrogens (tertiary/aromatic N) is 1. The van der Waals surface area contributed by atoms with Gasteiger partial charge in [0.25, 0.3) is 0 Å². The van der Waals surface area contributed by atoms with Gasteiger partial charge in [0.1, 0.15) is 6.61 Å². The molecule has 208 valence electrons. The van der Waals surface area contributed by atoms with Crippen LogP contribution < -0.4 is 15.3 Å². The highest BCUT2D eigenvalue weighted by Crippen LogP contribution is 2.47. The molecule has 1 aliphatic heterocycles. The number of hydrogen-bond acceptors (Lipinski definition) is 12. The topological polar surface area (TPSA) is 195 Å². The van der Waals surface area contributed by atoms with E-state index >= 15 is 0 Å². The molecule has 5 atom stereocenters. The van der Waals surface area contributed by atoms with E-state index < -0.39 is 79.1 Å². The van der Waals surface area contributed by atoms with Gasteiger partial charge < -0.3 is 43.9 Å².